The predicted octanol–water partition coefficient (Wildman–Crippen LogP) is 2.30. The third-order valence-electron chi connectivity index (χ3n) is 3.51. The van der Waals surface area contributed by atoms with Gasteiger partial charge >= 0.3 is 0 Å². The molecule has 2 rings (SSSR count). The maximum absolute atomic E-state index is 12.0. The third-order valence-corrected chi connectivity index (χ3v) is 3.51. The molecule has 1 aliphatic rings. The number of amides is 2. The molecule has 22 heavy (non-hydrogen) atoms. The molecule has 120 valence electrons. The molecular weight excluding hydrogens is 278 g/mol. The molecule has 1 aromatic rings. The monoisotopic (exact) mass is 303 g/mol. The van der Waals surface area contributed by atoms with E-state index in [4.69, 9.17) is 0 Å². The highest BCUT2D eigenvalue weighted by atomic mass is 16.2. The number of carbonyl (C=O) groups is 2. The normalized spacial score (nSPS) is 18.0. The fourth-order valence-electron chi connectivity index (χ4n) is 2.48. The van der Waals surface area contributed by atoms with Crippen molar-refractivity contribution in [2.24, 2.45) is 0 Å². The van der Waals surface area contributed by atoms with Crippen molar-refractivity contribution in [1.29, 1.82) is 0 Å². The topological polar surface area (TPSA) is 70.2 Å². The Morgan fingerprint density at radius 3 is 2.45 bits per heavy atom. The highest BCUT2D eigenvalue weighted by molar-refractivity contribution is 5.96. The summed E-state index contributed by atoms with van der Waals surface area (Å²) in [5.41, 5.74) is 1.04. The minimum Gasteiger partial charge on any atom is -0.347 e. The highest BCUT2D eigenvalue weighted by Crippen LogP contribution is 2.13. The minimum atomic E-state index is -0.266. The Hall–Kier alpha value is -1.88. The van der Waals surface area contributed by atoms with E-state index in [9.17, 15) is 9.59 Å². The van der Waals surface area contributed by atoms with Gasteiger partial charge in [0.2, 0.25) is 5.91 Å². The van der Waals surface area contributed by atoms with Gasteiger partial charge in [-0.25, -0.2) is 0 Å². The molecule has 3 N–H and O–H groups in total. The van der Waals surface area contributed by atoms with Gasteiger partial charge < -0.3 is 16.0 Å². The first-order chi connectivity index (χ1) is 10.3. The summed E-state index contributed by atoms with van der Waals surface area (Å²) in [4.78, 5) is 24.0. The van der Waals surface area contributed by atoms with Crippen LogP contribution in [0.15, 0.2) is 24.3 Å². The molecule has 0 spiro atoms. The van der Waals surface area contributed by atoms with Gasteiger partial charge in [-0.15, -0.1) is 0 Å². The van der Waals surface area contributed by atoms with Gasteiger partial charge in [-0.3, -0.25) is 9.59 Å². The summed E-state index contributed by atoms with van der Waals surface area (Å²) in [6, 6.07) is 7.27. The van der Waals surface area contributed by atoms with Crippen LogP contribution in [0.4, 0.5) is 5.69 Å². The van der Waals surface area contributed by atoms with Crippen LogP contribution in [0.1, 0.15) is 50.4 Å². The predicted molar refractivity (Wildman–Crippen MR) is 87.9 cm³/mol. The smallest absolute Gasteiger partial charge is 0.251 e. The summed E-state index contributed by atoms with van der Waals surface area (Å²) >= 11 is 0. The number of rotatable bonds is 4. The maximum Gasteiger partial charge on any atom is 0.251 e. The Labute approximate surface area is 131 Å². The molecule has 1 saturated heterocycles. The molecule has 5 heteroatoms. The van der Waals surface area contributed by atoms with E-state index in [0.29, 0.717) is 12.0 Å². The first-order valence-corrected chi connectivity index (χ1v) is 7.79. The van der Waals surface area contributed by atoms with Gasteiger partial charge in [0.1, 0.15) is 0 Å². The fraction of sp³-hybridized carbons (Fsp3) is 0.529. The van der Waals surface area contributed by atoms with Gasteiger partial charge in [-0.1, -0.05) is 0 Å². The van der Waals surface area contributed by atoms with Crippen molar-refractivity contribution < 1.29 is 9.59 Å². The molecule has 5 nitrogen and oxygen atoms in total. The van der Waals surface area contributed by atoms with Crippen molar-refractivity contribution in [3.8, 4) is 0 Å². The van der Waals surface area contributed by atoms with Crippen LogP contribution in [0, 0.1) is 0 Å². The second-order valence-corrected chi connectivity index (χ2v) is 6.83. The molecule has 0 saturated carbocycles. The van der Waals surface area contributed by atoms with E-state index in [1.54, 1.807) is 24.3 Å². The Morgan fingerprint density at radius 1 is 1.23 bits per heavy atom. The van der Waals surface area contributed by atoms with Crippen LogP contribution in [-0.4, -0.2) is 29.9 Å². The average molecular weight is 303 g/mol. The van der Waals surface area contributed by atoms with Crippen LogP contribution in [0.2, 0.25) is 0 Å². The summed E-state index contributed by atoms with van der Waals surface area (Å²) in [7, 11) is 0. The number of carbonyl (C=O) groups excluding carboxylic acids is 2. The summed E-state index contributed by atoms with van der Waals surface area (Å²) < 4.78 is 0. The van der Waals surface area contributed by atoms with Crippen molar-refractivity contribution in [3.05, 3.63) is 29.8 Å². The van der Waals surface area contributed by atoms with Gasteiger partial charge in [-0.05, 0) is 64.4 Å². The van der Waals surface area contributed by atoms with Crippen LogP contribution in [0.25, 0.3) is 0 Å². The van der Waals surface area contributed by atoms with Crippen molar-refractivity contribution in [3.63, 3.8) is 0 Å². The number of hydrogen-bond donors (Lipinski definition) is 3. The lowest BCUT2D eigenvalue weighted by molar-refractivity contribution is -0.116. The van der Waals surface area contributed by atoms with E-state index in [2.05, 4.69) is 16.0 Å². The van der Waals surface area contributed by atoms with Crippen molar-refractivity contribution >= 4 is 17.5 Å². The molecule has 0 radical (unpaired) electrons. The van der Waals surface area contributed by atoms with Gasteiger partial charge in [0.25, 0.3) is 5.91 Å². The van der Waals surface area contributed by atoms with Crippen molar-refractivity contribution in [2.45, 2.75) is 51.6 Å². The van der Waals surface area contributed by atoms with Crippen molar-refractivity contribution in [2.75, 3.05) is 11.9 Å². The Kier molecular flexibility index (Phi) is 5.19. The largest absolute Gasteiger partial charge is 0.347 e. The summed E-state index contributed by atoms with van der Waals surface area (Å²) in [5.74, 6) is -0.105. The van der Waals surface area contributed by atoms with E-state index in [1.165, 1.54) is 0 Å². The number of benzene rings is 1. The lowest BCUT2D eigenvalue weighted by Gasteiger charge is -2.20. The van der Waals surface area contributed by atoms with E-state index < -0.39 is 0 Å². The van der Waals surface area contributed by atoms with Crippen LogP contribution >= 0.6 is 0 Å². The maximum atomic E-state index is 12.0. The Morgan fingerprint density at radius 2 is 1.91 bits per heavy atom. The molecule has 2 amide bonds. The molecule has 1 atom stereocenters. The molecular formula is C17H25N3O2. The van der Waals surface area contributed by atoms with Gasteiger partial charge in [0, 0.05) is 29.3 Å². The quantitative estimate of drug-likeness (QED) is 0.799. The first kappa shape index (κ1) is 16.5. The lowest BCUT2D eigenvalue weighted by atomic mass is 10.1. The van der Waals surface area contributed by atoms with Gasteiger partial charge in [0.15, 0.2) is 0 Å². The van der Waals surface area contributed by atoms with Crippen LogP contribution in [-0.2, 0) is 4.79 Å². The van der Waals surface area contributed by atoms with Crippen LogP contribution < -0.4 is 16.0 Å². The second kappa shape index (κ2) is 6.92. The van der Waals surface area contributed by atoms with E-state index >= 15 is 0 Å². The zero-order valence-electron chi connectivity index (χ0n) is 13.5. The van der Waals surface area contributed by atoms with Crippen molar-refractivity contribution in [1.82, 2.24) is 10.6 Å². The molecule has 1 heterocycles. The molecule has 1 fully saturated rings. The summed E-state index contributed by atoms with van der Waals surface area (Å²) in [6.45, 7) is 6.82. The molecule has 0 aromatic heterocycles. The summed E-state index contributed by atoms with van der Waals surface area (Å²) in [5, 5.41) is 9.09. The van der Waals surface area contributed by atoms with Crippen LogP contribution in [0.5, 0.6) is 0 Å². The molecule has 1 aromatic carbocycles. The zero-order chi connectivity index (χ0) is 16.2. The second-order valence-electron chi connectivity index (χ2n) is 6.83. The summed E-state index contributed by atoms with van der Waals surface area (Å²) in [6.07, 6.45) is 2.68. The Balaban J connectivity index is 1.88. The number of nitrogens with one attached hydrogen (secondary N) is 3. The van der Waals surface area contributed by atoms with Gasteiger partial charge in [0.05, 0.1) is 0 Å². The standard InChI is InChI=1S/C17H25N3O2/c1-17(2,3)20-16(22)12-6-8-13(9-7-12)19-15(21)11-14-5-4-10-18-14/h6-9,14,18H,4-5,10-11H2,1-3H3,(H,19,21)(H,20,22). The molecule has 0 aliphatic carbocycles. The lowest BCUT2D eigenvalue weighted by Crippen LogP contribution is -2.40. The van der Waals surface area contributed by atoms with Crippen LogP contribution in [0.3, 0.4) is 0 Å². The Bertz CT molecular complexity index is 526. The average Bonchev–Trinajstić information content (AvgIpc) is 2.90. The van der Waals surface area contributed by atoms with E-state index in [0.717, 1.165) is 25.1 Å². The van der Waals surface area contributed by atoms with E-state index in [1.807, 2.05) is 20.8 Å². The molecule has 1 unspecified atom stereocenters. The molecule has 0 bridgehead atoms. The number of anilines is 1. The SMILES string of the molecule is CC(C)(C)NC(=O)c1ccc(NC(=O)CC2CCCN2)cc1. The molecule has 1 aliphatic heterocycles. The van der Waals surface area contributed by atoms with Gasteiger partial charge in [-0.2, -0.15) is 0 Å². The number of hydrogen-bond acceptors (Lipinski definition) is 3. The third kappa shape index (κ3) is 5.15. The zero-order valence-corrected chi connectivity index (χ0v) is 13.5. The van der Waals surface area contributed by atoms with E-state index in [-0.39, 0.29) is 23.4 Å². The first-order valence-electron chi connectivity index (χ1n) is 7.79. The fourth-order valence-corrected chi connectivity index (χ4v) is 2.48. The highest BCUT2D eigenvalue weighted by Gasteiger charge is 2.18. The minimum absolute atomic E-state index is 0.00583.